The number of piperazine rings is 1. The number of methoxy groups -OCH3 is 1. The molecule has 1 aliphatic heterocycles. The van der Waals surface area contributed by atoms with Crippen LogP contribution in [0.1, 0.15) is 5.56 Å². The fourth-order valence-corrected chi connectivity index (χ4v) is 2.48. The highest BCUT2D eigenvalue weighted by Gasteiger charge is 2.15. The van der Waals surface area contributed by atoms with Crippen molar-refractivity contribution >= 4 is 11.0 Å². The first kappa shape index (κ1) is 11.6. The molecule has 1 aliphatic rings. The Morgan fingerprint density at radius 2 is 2.17 bits per heavy atom. The van der Waals surface area contributed by atoms with Crippen molar-refractivity contribution in [3.05, 3.63) is 30.0 Å². The Balaban J connectivity index is 1.88. The van der Waals surface area contributed by atoms with Crippen molar-refractivity contribution in [1.29, 1.82) is 0 Å². The van der Waals surface area contributed by atoms with E-state index in [0.717, 1.165) is 49.4 Å². The zero-order valence-corrected chi connectivity index (χ0v) is 10.6. The summed E-state index contributed by atoms with van der Waals surface area (Å²) >= 11 is 0. The lowest BCUT2D eigenvalue weighted by Crippen LogP contribution is -2.42. The second kappa shape index (κ2) is 5.00. The maximum Gasteiger partial charge on any atom is 0.176 e. The summed E-state index contributed by atoms with van der Waals surface area (Å²) in [5.41, 5.74) is 2.09. The summed E-state index contributed by atoms with van der Waals surface area (Å²) in [4.78, 5) is 2.44. The molecule has 96 valence electrons. The number of hydrogen-bond donors (Lipinski definition) is 1. The number of rotatable bonds is 3. The SMILES string of the molecule is COc1cccc2c(CN3CCNCC3)coc12. The predicted octanol–water partition coefficient (Wildman–Crippen LogP) is 1.85. The van der Waals surface area contributed by atoms with Gasteiger partial charge < -0.3 is 14.5 Å². The summed E-state index contributed by atoms with van der Waals surface area (Å²) < 4.78 is 11.0. The van der Waals surface area contributed by atoms with Gasteiger partial charge in [0.25, 0.3) is 0 Å². The molecule has 3 rings (SSSR count). The third kappa shape index (κ3) is 2.09. The lowest BCUT2D eigenvalue weighted by Gasteiger charge is -2.26. The van der Waals surface area contributed by atoms with E-state index in [1.54, 1.807) is 7.11 Å². The lowest BCUT2D eigenvalue weighted by atomic mass is 10.1. The smallest absolute Gasteiger partial charge is 0.176 e. The van der Waals surface area contributed by atoms with Gasteiger partial charge in [-0.3, -0.25) is 4.90 Å². The molecule has 1 N–H and O–H groups in total. The van der Waals surface area contributed by atoms with Crippen LogP contribution in [-0.2, 0) is 6.54 Å². The number of ether oxygens (including phenoxy) is 1. The first-order chi connectivity index (χ1) is 8.88. The average molecular weight is 246 g/mol. The second-order valence-corrected chi connectivity index (χ2v) is 4.62. The molecule has 0 aliphatic carbocycles. The Kier molecular flexibility index (Phi) is 3.21. The highest BCUT2D eigenvalue weighted by molar-refractivity contribution is 5.86. The number of nitrogens with one attached hydrogen (secondary N) is 1. The summed E-state index contributed by atoms with van der Waals surface area (Å²) in [7, 11) is 1.67. The van der Waals surface area contributed by atoms with Crippen LogP contribution in [0, 0.1) is 0 Å². The van der Waals surface area contributed by atoms with Crippen LogP contribution in [0.5, 0.6) is 5.75 Å². The molecule has 18 heavy (non-hydrogen) atoms. The fourth-order valence-electron chi connectivity index (χ4n) is 2.48. The van der Waals surface area contributed by atoms with Gasteiger partial charge in [-0.1, -0.05) is 12.1 Å². The summed E-state index contributed by atoms with van der Waals surface area (Å²) in [6.07, 6.45) is 1.86. The molecule has 4 nitrogen and oxygen atoms in total. The van der Waals surface area contributed by atoms with Crippen LogP contribution in [-0.4, -0.2) is 38.2 Å². The van der Waals surface area contributed by atoms with Crippen molar-refractivity contribution in [1.82, 2.24) is 10.2 Å². The second-order valence-electron chi connectivity index (χ2n) is 4.62. The molecule has 1 aromatic heterocycles. The minimum absolute atomic E-state index is 0.805. The van der Waals surface area contributed by atoms with Crippen molar-refractivity contribution in [3.63, 3.8) is 0 Å². The van der Waals surface area contributed by atoms with E-state index in [1.807, 2.05) is 18.4 Å². The topological polar surface area (TPSA) is 37.6 Å². The maximum absolute atomic E-state index is 5.65. The molecule has 0 amide bonds. The van der Waals surface area contributed by atoms with Crippen molar-refractivity contribution in [2.75, 3.05) is 33.3 Å². The van der Waals surface area contributed by atoms with Crippen molar-refractivity contribution in [2.45, 2.75) is 6.54 Å². The van der Waals surface area contributed by atoms with Crippen molar-refractivity contribution in [2.24, 2.45) is 0 Å². The highest BCUT2D eigenvalue weighted by atomic mass is 16.5. The van der Waals surface area contributed by atoms with Gasteiger partial charge in [0.05, 0.1) is 13.4 Å². The van der Waals surface area contributed by atoms with Gasteiger partial charge in [0, 0.05) is 43.7 Å². The molecular formula is C14H18N2O2. The molecule has 1 saturated heterocycles. The predicted molar refractivity (Wildman–Crippen MR) is 70.9 cm³/mol. The Hall–Kier alpha value is -1.52. The maximum atomic E-state index is 5.65. The van der Waals surface area contributed by atoms with Crippen LogP contribution in [0.15, 0.2) is 28.9 Å². The molecule has 4 heteroatoms. The van der Waals surface area contributed by atoms with Gasteiger partial charge in [0.1, 0.15) is 0 Å². The van der Waals surface area contributed by atoms with Crippen LogP contribution in [0.2, 0.25) is 0 Å². The monoisotopic (exact) mass is 246 g/mol. The van der Waals surface area contributed by atoms with Crippen molar-refractivity contribution in [3.8, 4) is 5.75 Å². The van der Waals surface area contributed by atoms with E-state index < -0.39 is 0 Å². The van der Waals surface area contributed by atoms with E-state index in [0.29, 0.717) is 0 Å². The molecule has 0 radical (unpaired) electrons. The standard InChI is InChI=1S/C14H18N2O2/c1-17-13-4-2-3-12-11(10-18-14(12)13)9-16-7-5-15-6-8-16/h2-4,10,15H,5-9H2,1H3. The Morgan fingerprint density at radius 1 is 1.33 bits per heavy atom. The first-order valence-corrected chi connectivity index (χ1v) is 6.34. The van der Waals surface area contributed by atoms with E-state index in [1.165, 1.54) is 5.56 Å². The van der Waals surface area contributed by atoms with Gasteiger partial charge in [-0.25, -0.2) is 0 Å². The van der Waals surface area contributed by atoms with Gasteiger partial charge in [-0.15, -0.1) is 0 Å². The molecule has 0 saturated carbocycles. The zero-order valence-electron chi connectivity index (χ0n) is 10.6. The molecule has 0 spiro atoms. The molecule has 2 heterocycles. The minimum Gasteiger partial charge on any atom is -0.493 e. The van der Waals surface area contributed by atoms with Crippen LogP contribution in [0.25, 0.3) is 11.0 Å². The Bertz CT molecular complexity index is 530. The summed E-state index contributed by atoms with van der Waals surface area (Å²) in [6.45, 7) is 5.27. The normalized spacial score (nSPS) is 17.2. The van der Waals surface area contributed by atoms with E-state index in [2.05, 4.69) is 16.3 Å². The van der Waals surface area contributed by atoms with Crippen molar-refractivity contribution < 1.29 is 9.15 Å². The molecule has 1 aromatic carbocycles. The summed E-state index contributed by atoms with van der Waals surface area (Å²) in [5.74, 6) is 0.805. The van der Waals surface area contributed by atoms with Crippen LogP contribution < -0.4 is 10.1 Å². The molecule has 2 aromatic rings. The van der Waals surface area contributed by atoms with Crippen LogP contribution >= 0.6 is 0 Å². The third-order valence-electron chi connectivity index (χ3n) is 3.47. The molecule has 0 atom stereocenters. The zero-order chi connectivity index (χ0) is 12.4. The number of fused-ring (bicyclic) bond motifs is 1. The average Bonchev–Trinajstić information content (AvgIpc) is 2.83. The van der Waals surface area contributed by atoms with Crippen LogP contribution in [0.3, 0.4) is 0 Å². The summed E-state index contributed by atoms with van der Waals surface area (Å²) in [6, 6.07) is 6.04. The third-order valence-corrected chi connectivity index (χ3v) is 3.47. The highest BCUT2D eigenvalue weighted by Crippen LogP contribution is 2.30. The number of furan rings is 1. The molecule has 0 bridgehead atoms. The van der Waals surface area contributed by atoms with Gasteiger partial charge in [-0.05, 0) is 6.07 Å². The van der Waals surface area contributed by atoms with E-state index in [9.17, 15) is 0 Å². The largest absolute Gasteiger partial charge is 0.493 e. The Morgan fingerprint density at radius 3 is 2.94 bits per heavy atom. The molecule has 1 fully saturated rings. The minimum atomic E-state index is 0.805. The van der Waals surface area contributed by atoms with E-state index in [-0.39, 0.29) is 0 Å². The molecule has 0 unspecified atom stereocenters. The molecular weight excluding hydrogens is 228 g/mol. The van der Waals surface area contributed by atoms with Gasteiger partial charge in [0.2, 0.25) is 0 Å². The van der Waals surface area contributed by atoms with Gasteiger partial charge in [-0.2, -0.15) is 0 Å². The summed E-state index contributed by atoms with van der Waals surface area (Å²) in [5, 5.41) is 4.52. The fraction of sp³-hybridized carbons (Fsp3) is 0.429. The van der Waals surface area contributed by atoms with Gasteiger partial charge >= 0.3 is 0 Å². The number of para-hydroxylation sites is 1. The van der Waals surface area contributed by atoms with E-state index in [4.69, 9.17) is 9.15 Å². The van der Waals surface area contributed by atoms with Gasteiger partial charge in [0.15, 0.2) is 11.3 Å². The Labute approximate surface area is 107 Å². The van der Waals surface area contributed by atoms with E-state index >= 15 is 0 Å². The number of benzene rings is 1. The number of hydrogen-bond acceptors (Lipinski definition) is 4. The lowest BCUT2D eigenvalue weighted by molar-refractivity contribution is 0.233. The number of nitrogens with zero attached hydrogens (tertiary/aromatic N) is 1. The first-order valence-electron chi connectivity index (χ1n) is 6.34. The van der Waals surface area contributed by atoms with Crippen LogP contribution in [0.4, 0.5) is 0 Å². The quantitative estimate of drug-likeness (QED) is 0.897.